The van der Waals surface area contributed by atoms with Gasteiger partial charge >= 0.3 is 0 Å². The molecule has 2 heterocycles. The summed E-state index contributed by atoms with van der Waals surface area (Å²) in [6.45, 7) is 2.54. The predicted octanol–water partition coefficient (Wildman–Crippen LogP) is 3.23. The van der Waals surface area contributed by atoms with Gasteiger partial charge in [-0.25, -0.2) is 0 Å². The zero-order valence-electron chi connectivity index (χ0n) is 13.4. The molecule has 1 amide bonds. The molecule has 1 aliphatic heterocycles. The van der Waals surface area contributed by atoms with Gasteiger partial charge in [0.25, 0.3) is 5.91 Å². The summed E-state index contributed by atoms with van der Waals surface area (Å²) in [5, 5.41) is 4.01. The van der Waals surface area contributed by atoms with E-state index >= 15 is 0 Å². The largest absolute Gasteiger partial charge is 0.340 e. The zero-order valence-corrected chi connectivity index (χ0v) is 13.4. The molecule has 5 nitrogen and oxygen atoms in total. The molecular weight excluding hydrogens is 290 g/mol. The minimum Gasteiger partial charge on any atom is -0.340 e. The quantitative estimate of drug-likeness (QED) is 0.854. The molecular formula is C18H21N3O2. The molecule has 0 bridgehead atoms. The zero-order chi connectivity index (χ0) is 15.8. The van der Waals surface area contributed by atoms with Crippen molar-refractivity contribution in [3.63, 3.8) is 0 Å². The van der Waals surface area contributed by atoms with Crippen molar-refractivity contribution in [3.8, 4) is 0 Å². The summed E-state index contributed by atoms with van der Waals surface area (Å²) >= 11 is 0. The normalized spacial score (nSPS) is 20.6. The molecule has 0 saturated carbocycles. The highest BCUT2D eigenvalue weighted by Gasteiger charge is 2.33. The van der Waals surface area contributed by atoms with E-state index in [0.717, 1.165) is 37.8 Å². The van der Waals surface area contributed by atoms with E-state index in [9.17, 15) is 4.79 Å². The fourth-order valence-electron chi connectivity index (χ4n) is 3.76. The number of amides is 1. The van der Waals surface area contributed by atoms with E-state index in [1.54, 1.807) is 6.92 Å². The highest BCUT2D eigenvalue weighted by molar-refractivity contribution is 5.95. The SMILES string of the molecule is Cc1nc([C@@H]2CCCN2C(=O)c2ccc3c(c2)CCCC3)no1. The van der Waals surface area contributed by atoms with Gasteiger partial charge in [0, 0.05) is 19.0 Å². The van der Waals surface area contributed by atoms with Crippen LogP contribution in [0.4, 0.5) is 0 Å². The number of hydrogen-bond acceptors (Lipinski definition) is 4. The van der Waals surface area contributed by atoms with Crippen molar-refractivity contribution in [2.45, 2.75) is 51.5 Å². The first-order chi connectivity index (χ1) is 11.2. The van der Waals surface area contributed by atoms with Crippen LogP contribution in [-0.2, 0) is 12.8 Å². The van der Waals surface area contributed by atoms with Crippen LogP contribution in [0, 0.1) is 6.92 Å². The molecule has 0 radical (unpaired) electrons. The van der Waals surface area contributed by atoms with Crippen LogP contribution in [0.25, 0.3) is 0 Å². The fraction of sp³-hybridized carbons (Fsp3) is 0.500. The van der Waals surface area contributed by atoms with Crippen LogP contribution >= 0.6 is 0 Å². The van der Waals surface area contributed by atoms with Crippen LogP contribution in [-0.4, -0.2) is 27.5 Å². The first-order valence-electron chi connectivity index (χ1n) is 8.45. The number of fused-ring (bicyclic) bond motifs is 1. The number of nitrogens with zero attached hydrogens (tertiary/aromatic N) is 3. The van der Waals surface area contributed by atoms with Crippen molar-refractivity contribution in [2.24, 2.45) is 0 Å². The number of aryl methyl sites for hydroxylation is 3. The van der Waals surface area contributed by atoms with Gasteiger partial charge in [-0.15, -0.1) is 0 Å². The summed E-state index contributed by atoms with van der Waals surface area (Å²) in [6.07, 6.45) is 6.58. The van der Waals surface area contributed by atoms with E-state index in [2.05, 4.69) is 22.3 Å². The molecule has 4 rings (SSSR count). The van der Waals surface area contributed by atoms with Crippen molar-refractivity contribution < 1.29 is 9.32 Å². The van der Waals surface area contributed by atoms with Gasteiger partial charge in [-0.3, -0.25) is 4.79 Å². The smallest absolute Gasteiger partial charge is 0.254 e. The first-order valence-corrected chi connectivity index (χ1v) is 8.45. The molecule has 0 N–H and O–H groups in total. The summed E-state index contributed by atoms with van der Waals surface area (Å²) in [7, 11) is 0. The van der Waals surface area contributed by atoms with Crippen LogP contribution in [0.5, 0.6) is 0 Å². The number of likely N-dealkylation sites (tertiary alicyclic amines) is 1. The lowest BCUT2D eigenvalue weighted by atomic mass is 9.90. The third-order valence-corrected chi connectivity index (χ3v) is 4.95. The van der Waals surface area contributed by atoms with Gasteiger partial charge in [-0.05, 0) is 61.8 Å². The fourth-order valence-corrected chi connectivity index (χ4v) is 3.76. The molecule has 2 aromatic rings. The van der Waals surface area contributed by atoms with Crippen LogP contribution in [0.3, 0.4) is 0 Å². The molecule has 0 unspecified atom stereocenters. The first kappa shape index (κ1) is 14.4. The lowest BCUT2D eigenvalue weighted by molar-refractivity contribution is 0.0728. The maximum absolute atomic E-state index is 13.0. The third kappa shape index (κ3) is 2.64. The van der Waals surface area contributed by atoms with Gasteiger partial charge < -0.3 is 9.42 Å². The van der Waals surface area contributed by atoms with Gasteiger partial charge in [0.2, 0.25) is 5.89 Å². The lowest BCUT2D eigenvalue weighted by Gasteiger charge is -2.23. The summed E-state index contributed by atoms with van der Waals surface area (Å²) in [5.74, 6) is 1.27. The van der Waals surface area contributed by atoms with Crippen molar-refractivity contribution in [1.29, 1.82) is 0 Å². The minimum atomic E-state index is -0.0593. The topological polar surface area (TPSA) is 59.2 Å². The molecule has 1 aromatic heterocycles. The van der Waals surface area contributed by atoms with Crippen molar-refractivity contribution in [2.75, 3.05) is 6.54 Å². The molecule has 120 valence electrons. The summed E-state index contributed by atoms with van der Waals surface area (Å²) in [5.41, 5.74) is 3.53. The Labute approximate surface area is 135 Å². The van der Waals surface area contributed by atoms with E-state index in [4.69, 9.17) is 4.52 Å². The molecule has 0 spiro atoms. The molecule has 23 heavy (non-hydrogen) atoms. The number of hydrogen-bond donors (Lipinski definition) is 0. The number of aromatic nitrogens is 2. The Bertz CT molecular complexity index is 738. The summed E-state index contributed by atoms with van der Waals surface area (Å²) in [4.78, 5) is 19.2. The number of carbonyl (C=O) groups is 1. The standard InChI is InChI=1S/C18H21N3O2/c1-12-19-17(20-23-12)16-7-4-10-21(16)18(22)15-9-8-13-5-2-3-6-14(13)11-15/h8-9,11,16H,2-7,10H2,1H3/t16-/m0/s1. The maximum Gasteiger partial charge on any atom is 0.254 e. The second-order valence-corrected chi connectivity index (χ2v) is 6.52. The molecule has 1 fully saturated rings. The van der Waals surface area contributed by atoms with Gasteiger partial charge in [0.15, 0.2) is 5.82 Å². The second kappa shape index (κ2) is 5.80. The van der Waals surface area contributed by atoms with Crippen LogP contribution < -0.4 is 0 Å². The minimum absolute atomic E-state index is 0.0593. The highest BCUT2D eigenvalue weighted by atomic mass is 16.5. The Balaban J connectivity index is 1.60. The predicted molar refractivity (Wildman–Crippen MR) is 85.1 cm³/mol. The average molecular weight is 311 g/mol. The Morgan fingerprint density at radius 1 is 1.22 bits per heavy atom. The Kier molecular flexibility index (Phi) is 3.63. The van der Waals surface area contributed by atoms with Crippen molar-refractivity contribution >= 4 is 5.91 Å². The molecule has 1 aliphatic carbocycles. The number of carbonyl (C=O) groups excluding carboxylic acids is 1. The molecule has 1 atom stereocenters. The van der Waals surface area contributed by atoms with Crippen LogP contribution in [0.15, 0.2) is 22.7 Å². The second-order valence-electron chi connectivity index (χ2n) is 6.52. The molecule has 2 aliphatic rings. The van der Waals surface area contributed by atoms with Crippen LogP contribution in [0.1, 0.15) is 64.9 Å². The van der Waals surface area contributed by atoms with Gasteiger partial charge in [-0.2, -0.15) is 4.98 Å². The lowest BCUT2D eigenvalue weighted by Crippen LogP contribution is -2.31. The van der Waals surface area contributed by atoms with E-state index < -0.39 is 0 Å². The van der Waals surface area contributed by atoms with Gasteiger partial charge in [0.1, 0.15) is 0 Å². The number of benzene rings is 1. The van der Waals surface area contributed by atoms with E-state index in [0.29, 0.717) is 11.7 Å². The Morgan fingerprint density at radius 2 is 2.04 bits per heavy atom. The number of rotatable bonds is 2. The third-order valence-electron chi connectivity index (χ3n) is 4.95. The molecule has 1 aromatic carbocycles. The Morgan fingerprint density at radius 3 is 2.83 bits per heavy atom. The van der Waals surface area contributed by atoms with Crippen molar-refractivity contribution in [1.82, 2.24) is 15.0 Å². The van der Waals surface area contributed by atoms with E-state index in [1.165, 1.54) is 24.0 Å². The molecule has 1 saturated heterocycles. The van der Waals surface area contributed by atoms with E-state index in [1.807, 2.05) is 11.0 Å². The van der Waals surface area contributed by atoms with E-state index in [-0.39, 0.29) is 11.9 Å². The molecule has 5 heteroatoms. The van der Waals surface area contributed by atoms with Gasteiger partial charge in [-0.1, -0.05) is 11.2 Å². The summed E-state index contributed by atoms with van der Waals surface area (Å²) in [6, 6.07) is 6.14. The van der Waals surface area contributed by atoms with Gasteiger partial charge in [0.05, 0.1) is 6.04 Å². The van der Waals surface area contributed by atoms with Crippen molar-refractivity contribution in [3.05, 3.63) is 46.6 Å². The average Bonchev–Trinajstić information content (AvgIpc) is 3.22. The monoisotopic (exact) mass is 311 g/mol. The maximum atomic E-state index is 13.0. The highest BCUT2D eigenvalue weighted by Crippen LogP contribution is 2.32. The summed E-state index contributed by atoms with van der Waals surface area (Å²) < 4.78 is 5.09. The van der Waals surface area contributed by atoms with Crippen LogP contribution in [0.2, 0.25) is 0 Å². The Hall–Kier alpha value is -2.17.